The predicted octanol–water partition coefficient (Wildman–Crippen LogP) is 2.52. The second kappa shape index (κ2) is 4.84. The number of nitrogens with zero attached hydrogens (tertiary/aromatic N) is 1. The number of hydrogen-bond acceptors (Lipinski definition) is 2. The lowest BCUT2D eigenvalue weighted by Crippen LogP contribution is -2.42. The highest BCUT2D eigenvalue weighted by Gasteiger charge is 2.29. The summed E-state index contributed by atoms with van der Waals surface area (Å²) < 4.78 is 0. The molecule has 1 saturated heterocycles. The van der Waals surface area contributed by atoms with Gasteiger partial charge in [0, 0.05) is 11.6 Å². The summed E-state index contributed by atoms with van der Waals surface area (Å²) in [4.78, 5) is 2.52. The maximum absolute atomic E-state index is 6.46. The minimum atomic E-state index is 0.196. The Bertz CT molecular complexity index is 197. The molecule has 1 heterocycles. The highest BCUT2D eigenvalue weighted by Crippen LogP contribution is 2.31. The molecule has 0 aromatic rings. The first-order valence-electron chi connectivity index (χ1n) is 6.69. The van der Waals surface area contributed by atoms with Crippen LogP contribution < -0.4 is 5.73 Å². The van der Waals surface area contributed by atoms with E-state index in [1.54, 1.807) is 0 Å². The summed E-state index contributed by atoms with van der Waals surface area (Å²) in [6.45, 7) is 1.29. The lowest BCUT2D eigenvalue weighted by molar-refractivity contribution is 0.227. The van der Waals surface area contributed by atoms with Gasteiger partial charge in [-0.2, -0.15) is 0 Å². The molecule has 2 rings (SSSR count). The SMILES string of the molecule is CN1CCCC1CCC1(N)CCCCC1. The molecule has 2 fully saturated rings. The maximum atomic E-state index is 6.46. The molecule has 0 aromatic heterocycles. The quantitative estimate of drug-likeness (QED) is 0.775. The van der Waals surface area contributed by atoms with Crippen LogP contribution in [0.4, 0.5) is 0 Å². The zero-order valence-electron chi connectivity index (χ0n) is 10.2. The minimum absolute atomic E-state index is 0.196. The van der Waals surface area contributed by atoms with Crippen LogP contribution in [0, 0.1) is 0 Å². The average molecular weight is 210 g/mol. The van der Waals surface area contributed by atoms with Gasteiger partial charge in [0.1, 0.15) is 0 Å². The van der Waals surface area contributed by atoms with E-state index in [4.69, 9.17) is 5.73 Å². The minimum Gasteiger partial charge on any atom is -0.325 e. The van der Waals surface area contributed by atoms with Crippen molar-refractivity contribution in [1.29, 1.82) is 0 Å². The topological polar surface area (TPSA) is 29.3 Å². The lowest BCUT2D eigenvalue weighted by atomic mass is 9.78. The molecule has 2 nitrogen and oxygen atoms in total. The van der Waals surface area contributed by atoms with E-state index in [-0.39, 0.29) is 5.54 Å². The van der Waals surface area contributed by atoms with Gasteiger partial charge in [-0.25, -0.2) is 0 Å². The van der Waals surface area contributed by atoms with Gasteiger partial charge in [-0.15, -0.1) is 0 Å². The van der Waals surface area contributed by atoms with Crippen LogP contribution in [0.1, 0.15) is 57.8 Å². The van der Waals surface area contributed by atoms with E-state index in [1.807, 2.05) is 0 Å². The molecular formula is C13H26N2. The Hall–Kier alpha value is -0.0800. The Morgan fingerprint density at radius 3 is 2.53 bits per heavy atom. The van der Waals surface area contributed by atoms with Crippen molar-refractivity contribution in [3.8, 4) is 0 Å². The first kappa shape index (κ1) is 11.4. The van der Waals surface area contributed by atoms with Crippen LogP contribution in [0.5, 0.6) is 0 Å². The van der Waals surface area contributed by atoms with Gasteiger partial charge < -0.3 is 10.6 Å². The van der Waals surface area contributed by atoms with Gasteiger partial charge in [0.25, 0.3) is 0 Å². The van der Waals surface area contributed by atoms with Gasteiger partial charge >= 0.3 is 0 Å². The standard InChI is InChI=1S/C13H26N2/c1-15-11-5-6-12(15)7-10-13(14)8-3-2-4-9-13/h12H,2-11,14H2,1H3. The summed E-state index contributed by atoms with van der Waals surface area (Å²) >= 11 is 0. The fourth-order valence-corrected chi connectivity index (χ4v) is 3.30. The normalized spacial score (nSPS) is 32.0. The summed E-state index contributed by atoms with van der Waals surface area (Å²) in [5, 5.41) is 0. The lowest BCUT2D eigenvalue weighted by Gasteiger charge is -2.35. The van der Waals surface area contributed by atoms with Gasteiger partial charge in [-0.3, -0.25) is 0 Å². The first-order chi connectivity index (χ1) is 7.20. The molecule has 2 N–H and O–H groups in total. The smallest absolute Gasteiger partial charge is 0.0154 e. The van der Waals surface area contributed by atoms with Crippen LogP contribution in [0.2, 0.25) is 0 Å². The summed E-state index contributed by atoms with van der Waals surface area (Å²) in [5.74, 6) is 0. The number of likely N-dealkylation sites (tertiary alicyclic amines) is 1. The van der Waals surface area contributed by atoms with E-state index >= 15 is 0 Å². The van der Waals surface area contributed by atoms with Crippen LogP contribution in [-0.2, 0) is 0 Å². The second-order valence-electron chi connectivity index (χ2n) is 5.74. The molecule has 2 heteroatoms. The number of nitrogens with two attached hydrogens (primary N) is 1. The summed E-state index contributed by atoms with van der Waals surface area (Å²) in [6.07, 6.45) is 12.0. The third kappa shape index (κ3) is 2.94. The average Bonchev–Trinajstić information content (AvgIpc) is 2.62. The van der Waals surface area contributed by atoms with Crippen molar-refractivity contribution in [3.63, 3.8) is 0 Å². The second-order valence-corrected chi connectivity index (χ2v) is 5.74. The number of rotatable bonds is 3. The van der Waals surface area contributed by atoms with Gasteiger partial charge in [0.2, 0.25) is 0 Å². The van der Waals surface area contributed by atoms with Crippen molar-refractivity contribution in [1.82, 2.24) is 4.90 Å². The highest BCUT2D eigenvalue weighted by atomic mass is 15.1. The van der Waals surface area contributed by atoms with Gasteiger partial charge in [0.15, 0.2) is 0 Å². The molecule has 88 valence electrons. The molecule has 0 bridgehead atoms. The van der Waals surface area contributed by atoms with Gasteiger partial charge in [-0.1, -0.05) is 19.3 Å². The molecule has 1 unspecified atom stereocenters. The molecule has 15 heavy (non-hydrogen) atoms. The molecule has 0 radical (unpaired) electrons. The van der Waals surface area contributed by atoms with E-state index in [0.29, 0.717) is 0 Å². The van der Waals surface area contributed by atoms with Crippen LogP contribution >= 0.6 is 0 Å². The van der Waals surface area contributed by atoms with Crippen LogP contribution in [0.3, 0.4) is 0 Å². The molecular weight excluding hydrogens is 184 g/mol. The van der Waals surface area contributed by atoms with Crippen molar-refractivity contribution in [2.24, 2.45) is 5.73 Å². The van der Waals surface area contributed by atoms with Gasteiger partial charge in [-0.05, 0) is 52.1 Å². The first-order valence-corrected chi connectivity index (χ1v) is 6.69. The van der Waals surface area contributed by atoms with E-state index in [0.717, 1.165) is 6.04 Å². The highest BCUT2D eigenvalue weighted by molar-refractivity contribution is 4.89. The zero-order valence-corrected chi connectivity index (χ0v) is 10.2. The molecule has 0 aromatic carbocycles. The summed E-state index contributed by atoms with van der Waals surface area (Å²) in [6, 6.07) is 0.826. The van der Waals surface area contributed by atoms with E-state index < -0.39 is 0 Å². The molecule has 0 spiro atoms. The number of hydrogen-bond donors (Lipinski definition) is 1. The largest absolute Gasteiger partial charge is 0.325 e. The molecule has 0 amide bonds. The van der Waals surface area contributed by atoms with Crippen LogP contribution in [0.25, 0.3) is 0 Å². The molecule has 1 aliphatic heterocycles. The van der Waals surface area contributed by atoms with Gasteiger partial charge in [0.05, 0.1) is 0 Å². The van der Waals surface area contributed by atoms with Crippen molar-refractivity contribution in [2.45, 2.75) is 69.4 Å². The van der Waals surface area contributed by atoms with Crippen molar-refractivity contribution in [3.05, 3.63) is 0 Å². The Morgan fingerprint density at radius 2 is 1.93 bits per heavy atom. The van der Waals surface area contributed by atoms with E-state index in [9.17, 15) is 0 Å². The molecule has 1 aliphatic carbocycles. The molecule has 1 saturated carbocycles. The Labute approximate surface area is 94.2 Å². The predicted molar refractivity (Wildman–Crippen MR) is 64.9 cm³/mol. The third-order valence-electron chi connectivity index (χ3n) is 4.50. The maximum Gasteiger partial charge on any atom is 0.0154 e. The Kier molecular flexibility index (Phi) is 3.68. The molecule has 2 aliphatic rings. The monoisotopic (exact) mass is 210 g/mol. The van der Waals surface area contributed by atoms with Crippen LogP contribution in [-0.4, -0.2) is 30.1 Å². The van der Waals surface area contributed by atoms with Crippen molar-refractivity contribution >= 4 is 0 Å². The van der Waals surface area contributed by atoms with Crippen LogP contribution in [0.15, 0.2) is 0 Å². The Balaban J connectivity index is 1.76. The fourth-order valence-electron chi connectivity index (χ4n) is 3.30. The molecule has 1 atom stereocenters. The Morgan fingerprint density at radius 1 is 1.20 bits per heavy atom. The van der Waals surface area contributed by atoms with E-state index in [1.165, 1.54) is 64.3 Å². The zero-order chi connectivity index (χ0) is 10.7. The summed E-state index contributed by atoms with van der Waals surface area (Å²) in [5.41, 5.74) is 6.66. The van der Waals surface area contributed by atoms with E-state index in [2.05, 4.69) is 11.9 Å². The fraction of sp³-hybridized carbons (Fsp3) is 1.00. The van der Waals surface area contributed by atoms with Crippen molar-refractivity contribution < 1.29 is 0 Å². The third-order valence-corrected chi connectivity index (χ3v) is 4.50. The van der Waals surface area contributed by atoms with Crippen molar-refractivity contribution in [2.75, 3.05) is 13.6 Å². The summed E-state index contributed by atoms with van der Waals surface area (Å²) in [7, 11) is 2.27.